The molecule has 2 unspecified atom stereocenters. The van der Waals surface area contributed by atoms with Crippen molar-refractivity contribution in [3.05, 3.63) is 65.4 Å². The summed E-state index contributed by atoms with van der Waals surface area (Å²) in [5.74, 6) is 1.05. The lowest BCUT2D eigenvalue weighted by atomic mass is 9.91. The van der Waals surface area contributed by atoms with Crippen LogP contribution in [0.15, 0.2) is 54.2 Å². The van der Waals surface area contributed by atoms with Gasteiger partial charge < -0.3 is 9.64 Å². The van der Waals surface area contributed by atoms with Crippen LogP contribution < -0.4 is 9.64 Å². The maximum Gasteiger partial charge on any atom is 0.282 e. The quantitative estimate of drug-likeness (QED) is 0.663. The number of carbonyl (C=O) groups excluding carboxylic acids is 2. The number of amides is 2. The first kappa shape index (κ1) is 21.2. The smallest absolute Gasteiger partial charge is 0.282 e. The first-order valence-electron chi connectivity index (χ1n) is 11.1. The molecule has 2 heterocycles. The van der Waals surface area contributed by atoms with Crippen molar-refractivity contribution < 1.29 is 14.3 Å². The molecule has 0 aliphatic carbocycles. The molecule has 1 fully saturated rings. The van der Waals surface area contributed by atoms with E-state index < -0.39 is 0 Å². The van der Waals surface area contributed by atoms with Crippen LogP contribution in [-0.2, 0) is 9.59 Å². The molecule has 0 bridgehead atoms. The van der Waals surface area contributed by atoms with Gasteiger partial charge in [0.15, 0.2) is 0 Å². The number of rotatable bonds is 5. The number of aryl methyl sites for hydroxylation is 1. The van der Waals surface area contributed by atoms with Crippen molar-refractivity contribution in [1.82, 2.24) is 4.90 Å². The molecule has 0 aromatic heterocycles. The SMILES string of the molecule is CCOc1cccc(N2C(=O)C(c3ccc(C)cc3)=C(N3CC(C)CC(C)C3)C2=O)c1. The standard InChI is InChI=1S/C26H30N2O3/c1-5-31-22-8-6-7-21(14-22)28-25(29)23(20-11-9-17(2)10-12-20)24(26(28)30)27-15-18(3)13-19(4)16-27/h6-12,14,18-19H,5,13,15-16H2,1-4H3. The number of hydrogen-bond donors (Lipinski definition) is 0. The van der Waals surface area contributed by atoms with Crippen LogP contribution >= 0.6 is 0 Å². The van der Waals surface area contributed by atoms with Crippen LogP contribution in [0.25, 0.3) is 5.57 Å². The number of anilines is 1. The van der Waals surface area contributed by atoms with Crippen LogP contribution in [0.5, 0.6) is 5.75 Å². The lowest BCUT2D eigenvalue weighted by molar-refractivity contribution is -0.120. The van der Waals surface area contributed by atoms with Gasteiger partial charge in [-0.25, -0.2) is 4.90 Å². The normalized spacial score (nSPS) is 21.8. The predicted octanol–water partition coefficient (Wildman–Crippen LogP) is 4.66. The summed E-state index contributed by atoms with van der Waals surface area (Å²) in [6.07, 6.45) is 1.13. The van der Waals surface area contributed by atoms with E-state index in [9.17, 15) is 9.59 Å². The molecule has 0 radical (unpaired) electrons. The number of carbonyl (C=O) groups is 2. The Morgan fingerprint density at radius 1 is 0.968 bits per heavy atom. The van der Waals surface area contributed by atoms with Crippen molar-refractivity contribution in [1.29, 1.82) is 0 Å². The summed E-state index contributed by atoms with van der Waals surface area (Å²) in [5.41, 5.74) is 3.46. The van der Waals surface area contributed by atoms with Crippen LogP contribution in [-0.4, -0.2) is 36.4 Å². The highest BCUT2D eigenvalue weighted by Crippen LogP contribution is 2.38. The van der Waals surface area contributed by atoms with E-state index in [0.717, 1.165) is 30.6 Å². The average Bonchev–Trinajstić information content (AvgIpc) is 2.98. The maximum absolute atomic E-state index is 13.7. The van der Waals surface area contributed by atoms with Gasteiger partial charge in [0, 0.05) is 19.2 Å². The molecule has 2 aromatic carbocycles. The largest absolute Gasteiger partial charge is 0.494 e. The van der Waals surface area contributed by atoms with Gasteiger partial charge in [-0.3, -0.25) is 9.59 Å². The molecule has 5 heteroatoms. The second-order valence-corrected chi connectivity index (χ2v) is 8.82. The number of piperidine rings is 1. The van der Waals surface area contributed by atoms with Crippen LogP contribution in [0.2, 0.25) is 0 Å². The molecule has 2 aromatic rings. The van der Waals surface area contributed by atoms with E-state index in [0.29, 0.717) is 41.1 Å². The summed E-state index contributed by atoms with van der Waals surface area (Å²) in [5, 5.41) is 0. The lowest BCUT2D eigenvalue weighted by Gasteiger charge is -2.37. The number of hydrogen-bond acceptors (Lipinski definition) is 4. The number of imide groups is 1. The Labute approximate surface area is 184 Å². The molecule has 2 atom stereocenters. The monoisotopic (exact) mass is 418 g/mol. The zero-order valence-electron chi connectivity index (χ0n) is 18.7. The summed E-state index contributed by atoms with van der Waals surface area (Å²) in [6.45, 7) is 10.4. The minimum atomic E-state index is -0.275. The molecule has 5 nitrogen and oxygen atoms in total. The van der Waals surface area contributed by atoms with E-state index in [2.05, 4.69) is 18.7 Å². The molecule has 0 saturated carbocycles. The fraction of sp³-hybridized carbons (Fsp3) is 0.385. The van der Waals surface area contributed by atoms with E-state index in [1.54, 1.807) is 12.1 Å². The van der Waals surface area contributed by atoms with Crippen molar-refractivity contribution in [2.24, 2.45) is 11.8 Å². The van der Waals surface area contributed by atoms with Crippen molar-refractivity contribution in [2.75, 3.05) is 24.6 Å². The summed E-state index contributed by atoms with van der Waals surface area (Å²) < 4.78 is 5.60. The Bertz CT molecular complexity index is 1020. The van der Waals surface area contributed by atoms with Gasteiger partial charge in [-0.15, -0.1) is 0 Å². The minimum absolute atomic E-state index is 0.254. The van der Waals surface area contributed by atoms with Gasteiger partial charge in [0.2, 0.25) is 0 Å². The predicted molar refractivity (Wildman–Crippen MR) is 123 cm³/mol. The van der Waals surface area contributed by atoms with Gasteiger partial charge >= 0.3 is 0 Å². The fourth-order valence-corrected chi connectivity index (χ4v) is 4.75. The van der Waals surface area contributed by atoms with E-state index in [1.165, 1.54) is 4.90 Å². The maximum atomic E-state index is 13.7. The number of ether oxygens (including phenoxy) is 1. The Morgan fingerprint density at radius 3 is 2.29 bits per heavy atom. The highest BCUT2D eigenvalue weighted by Gasteiger charge is 2.43. The molecule has 2 aliphatic rings. The zero-order valence-corrected chi connectivity index (χ0v) is 18.7. The number of benzene rings is 2. The third-order valence-electron chi connectivity index (χ3n) is 5.97. The summed E-state index contributed by atoms with van der Waals surface area (Å²) in [7, 11) is 0. The highest BCUT2D eigenvalue weighted by molar-refractivity contribution is 6.45. The molecule has 1 saturated heterocycles. The molecule has 162 valence electrons. The zero-order chi connectivity index (χ0) is 22.1. The van der Waals surface area contributed by atoms with Crippen molar-refractivity contribution in [3.8, 4) is 5.75 Å². The first-order valence-corrected chi connectivity index (χ1v) is 11.1. The molecule has 4 rings (SSSR count). The second kappa shape index (κ2) is 8.58. The Hall–Kier alpha value is -3.08. The topological polar surface area (TPSA) is 49.9 Å². The Balaban J connectivity index is 1.80. The van der Waals surface area contributed by atoms with Gasteiger partial charge in [-0.2, -0.15) is 0 Å². The van der Waals surface area contributed by atoms with Gasteiger partial charge in [0.05, 0.1) is 17.9 Å². The van der Waals surface area contributed by atoms with Gasteiger partial charge in [0.1, 0.15) is 11.4 Å². The minimum Gasteiger partial charge on any atom is -0.494 e. The highest BCUT2D eigenvalue weighted by atomic mass is 16.5. The second-order valence-electron chi connectivity index (χ2n) is 8.82. The number of likely N-dealkylation sites (tertiary alicyclic amines) is 1. The van der Waals surface area contributed by atoms with Crippen LogP contribution in [0.4, 0.5) is 5.69 Å². The van der Waals surface area contributed by atoms with Crippen LogP contribution in [0, 0.1) is 18.8 Å². The van der Waals surface area contributed by atoms with E-state index in [4.69, 9.17) is 4.74 Å². The molecule has 2 aliphatic heterocycles. The lowest BCUT2D eigenvalue weighted by Crippen LogP contribution is -2.42. The van der Waals surface area contributed by atoms with Crippen molar-refractivity contribution >= 4 is 23.1 Å². The number of nitrogens with zero attached hydrogens (tertiary/aromatic N) is 2. The molecule has 0 spiro atoms. The fourth-order valence-electron chi connectivity index (χ4n) is 4.75. The summed E-state index contributed by atoms with van der Waals surface area (Å²) in [4.78, 5) is 30.8. The molecule has 2 amide bonds. The van der Waals surface area contributed by atoms with E-state index >= 15 is 0 Å². The summed E-state index contributed by atoms with van der Waals surface area (Å²) in [6, 6.07) is 15.0. The van der Waals surface area contributed by atoms with Crippen LogP contribution in [0.3, 0.4) is 0 Å². The Morgan fingerprint density at radius 2 is 1.65 bits per heavy atom. The summed E-state index contributed by atoms with van der Waals surface area (Å²) >= 11 is 0. The van der Waals surface area contributed by atoms with Crippen molar-refractivity contribution in [2.45, 2.75) is 34.1 Å². The van der Waals surface area contributed by atoms with Crippen molar-refractivity contribution in [3.63, 3.8) is 0 Å². The Kier molecular flexibility index (Phi) is 5.86. The van der Waals surface area contributed by atoms with Crippen LogP contribution in [0.1, 0.15) is 38.3 Å². The third kappa shape index (κ3) is 4.09. The first-order chi connectivity index (χ1) is 14.9. The van der Waals surface area contributed by atoms with Gasteiger partial charge in [-0.05, 0) is 49.8 Å². The van der Waals surface area contributed by atoms with E-state index in [1.807, 2.05) is 50.2 Å². The van der Waals surface area contributed by atoms with E-state index in [-0.39, 0.29) is 11.8 Å². The molecule has 0 N–H and O–H groups in total. The molecular weight excluding hydrogens is 388 g/mol. The van der Waals surface area contributed by atoms with Gasteiger partial charge in [0.25, 0.3) is 11.8 Å². The molecule has 31 heavy (non-hydrogen) atoms. The third-order valence-corrected chi connectivity index (χ3v) is 5.97. The average molecular weight is 419 g/mol. The van der Waals surface area contributed by atoms with Gasteiger partial charge in [-0.1, -0.05) is 49.7 Å². The molecular formula is C26H30N2O3.